The summed E-state index contributed by atoms with van der Waals surface area (Å²) in [6, 6.07) is 11.0. The standard InChI is InChI=1S/C16H18ClNO3.ClH/c1-19-14-4-6-15(20-2)12(8-14)10-21-16-5-3-13(17)7-11(16)9-18;/h3-8H,9-10,18H2,1-2H3;1H. The molecule has 0 aliphatic heterocycles. The minimum absolute atomic E-state index is 0. The molecule has 22 heavy (non-hydrogen) atoms. The Morgan fingerprint density at radius 1 is 0.955 bits per heavy atom. The van der Waals surface area contributed by atoms with Gasteiger partial charge in [-0.2, -0.15) is 0 Å². The molecular formula is C16H19Cl2NO3. The molecule has 4 nitrogen and oxygen atoms in total. The van der Waals surface area contributed by atoms with Crippen molar-refractivity contribution in [2.45, 2.75) is 13.2 Å². The largest absolute Gasteiger partial charge is 0.497 e. The average Bonchev–Trinajstić information content (AvgIpc) is 2.53. The first-order valence-electron chi connectivity index (χ1n) is 6.50. The van der Waals surface area contributed by atoms with E-state index >= 15 is 0 Å². The Balaban J connectivity index is 0.00000242. The van der Waals surface area contributed by atoms with Gasteiger partial charge in [0.05, 0.1) is 14.2 Å². The number of rotatable bonds is 6. The van der Waals surface area contributed by atoms with Crippen LogP contribution >= 0.6 is 24.0 Å². The van der Waals surface area contributed by atoms with Crippen molar-refractivity contribution in [1.29, 1.82) is 0 Å². The van der Waals surface area contributed by atoms with E-state index in [0.29, 0.717) is 23.9 Å². The third-order valence-corrected chi connectivity index (χ3v) is 3.35. The molecule has 0 unspecified atom stereocenters. The Hall–Kier alpha value is -1.62. The van der Waals surface area contributed by atoms with Crippen LogP contribution in [0.1, 0.15) is 11.1 Å². The monoisotopic (exact) mass is 343 g/mol. The topological polar surface area (TPSA) is 53.7 Å². The van der Waals surface area contributed by atoms with Gasteiger partial charge in [-0.1, -0.05) is 11.6 Å². The van der Waals surface area contributed by atoms with E-state index < -0.39 is 0 Å². The summed E-state index contributed by atoms with van der Waals surface area (Å²) in [5.41, 5.74) is 7.47. The van der Waals surface area contributed by atoms with Crippen molar-refractivity contribution in [2.24, 2.45) is 5.73 Å². The van der Waals surface area contributed by atoms with Gasteiger partial charge in [-0.05, 0) is 36.4 Å². The quantitative estimate of drug-likeness (QED) is 0.866. The highest BCUT2D eigenvalue weighted by Crippen LogP contribution is 2.27. The molecule has 0 bridgehead atoms. The zero-order valence-electron chi connectivity index (χ0n) is 12.5. The van der Waals surface area contributed by atoms with Crippen LogP contribution in [0, 0.1) is 0 Å². The molecule has 0 saturated carbocycles. The predicted octanol–water partition coefficient (Wildman–Crippen LogP) is 3.82. The number of ether oxygens (including phenoxy) is 3. The molecule has 2 N–H and O–H groups in total. The molecule has 0 amide bonds. The average molecular weight is 344 g/mol. The zero-order valence-corrected chi connectivity index (χ0v) is 14.0. The van der Waals surface area contributed by atoms with Gasteiger partial charge >= 0.3 is 0 Å². The first-order chi connectivity index (χ1) is 10.2. The van der Waals surface area contributed by atoms with Crippen molar-refractivity contribution in [1.82, 2.24) is 0 Å². The maximum absolute atomic E-state index is 5.95. The Labute approximate surface area is 141 Å². The Kier molecular flexibility index (Phi) is 7.32. The SMILES string of the molecule is COc1ccc(OC)c(COc2ccc(Cl)cc2CN)c1.Cl. The van der Waals surface area contributed by atoms with Gasteiger partial charge in [0.15, 0.2) is 0 Å². The van der Waals surface area contributed by atoms with Gasteiger partial charge in [-0.15, -0.1) is 12.4 Å². The lowest BCUT2D eigenvalue weighted by Gasteiger charge is -2.14. The number of hydrogen-bond acceptors (Lipinski definition) is 4. The first kappa shape index (κ1) is 18.4. The lowest BCUT2D eigenvalue weighted by molar-refractivity contribution is 0.292. The van der Waals surface area contributed by atoms with E-state index in [4.69, 9.17) is 31.5 Å². The lowest BCUT2D eigenvalue weighted by Crippen LogP contribution is -2.04. The number of benzene rings is 2. The molecule has 0 radical (unpaired) electrons. The van der Waals surface area contributed by atoms with Gasteiger partial charge in [-0.3, -0.25) is 0 Å². The minimum atomic E-state index is 0. The van der Waals surface area contributed by atoms with Gasteiger partial charge in [0.2, 0.25) is 0 Å². The van der Waals surface area contributed by atoms with Gasteiger partial charge in [-0.25, -0.2) is 0 Å². The third-order valence-electron chi connectivity index (χ3n) is 3.11. The van der Waals surface area contributed by atoms with E-state index in [9.17, 15) is 0 Å². The van der Waals surface area contributed by atoms with Crippen LogP contribution in [0.3, 0.4) is 0 Å². The molecule has 6 heteroatoms. The normalized spacial score (nSPS) is 9.82. The van der Waals surface area contributed by atoms with Crippen LogP contribution in [0.15, 0.2) is 36.4 Å². The second-order valence-electron chi connectivity index (χ2n) is 4.42. The third kappa shape index (κ3) is 4.44. The first-order valence-corrected chi connectivity index (χ1v) is 6.88. The Bertz CT molecular complexity index is 620. The summed E-state index contributed by atoms with van der Waals surface area (Å²) in [7, 11) is 3.25. The number of methoxy groups -OCH3 is 2. The second-order valence-corrected chi connectivity index (χ2v) is 4.86. The number of halogens is 2. The minimum Gasteiger partial charge on any atom is -0.497 e. The summed E-state index contributed by atoms with van der Waals surface area (Å²) >= 11 is 5.95. The van der Waals surface area contributed by atoms with Crippen LogP contribution in [0.5, 0.6) is 17.2 Å². The molecule has 0 aliphatic rings. The molecule has 2 aromatic rings. The molecule has 0 heterocycles. The molecular weight excluding hydrogens is 325 g/mol. The van der Waals surface area contributed by atoms with Gasteiger partial charge in [0.1, 0.15) is 23.9 Å². The van der Waals surface area contributed by atoms with Crippen molar-refractivity contribution in [3.05, 3.63) is 52.5 Å². The van der Waals surface area contributed by atoms with E-state index in [2.05, 4.69) is 0 Å². The maximum atomic E-state index is 5.95. The molecule has 0 atom stereocenters. The van der Waals surface area contributed by atoms with E-state index in [-0.39, 0.29) is 12.4 Å². The predicted molar refractivity (Wildman–Crippen MR) is 90.5 cm³/mol. The fraction of sp³-hybridized carbons (Fsp3) is 0.250. The zero-order chi connectivity index (χ0) is 15.2. The molecule has 0 aromatic heterocycles. The van der Waals surface area contributed by atoms with Crippen LogP contribution < -0.4 is 19.9 Å². The highest BCUT2D eigenvalue weighted by Gasteiger charge is 2.08. The second kappa shape index (κ2) is 8.73. The van der Waals surface area contributed by atoms with Crippen molar-refractivity contribution in [2.75, 3.05) is 14.2 Å². The smallest absolute Gasteiger partial charge is 0.125 e. The van der Waals surface area contributed by atoms with Crippen molar-refractivity contribution >= 4 is 24.0 Å². The van der Waals surface area contributed by atoms with Crippen LogP contribution in [0.4, 0.5) is 0 Å². The molecule has 0 aliphatic carbocycles. The maximum Gasteiger partial charge on any atom is 0.125 e. The summed E-state index contributed by atoms with van der Waals surface area (Å²) < 4.78 is 16.4. The van der Waals surface area contributed by atoms with Gasteiger partial charge in [0.25, 0.3) is 0 Å². The van der Waals surface area contributed by atoms with E-state index in [1.54, 1.807) is 26.4 Å². The summed E-state index contributed by atoms with van der Waals surface area (Å²) in [5, 5.41) is 0.641. The highest BCUT2D eigenvalue weighted by molar-refractivity contribution is 6.30. The lowest BCUT2D eigenvalue weighted by atomic mass is 10.2. The van der Waals surface area contributed by atoms with Crippen molar-refractivity contribution in [3.63, 3.8) is 0 Å². The number of nitrogens with two attached hydrogens (primary N) is 1. The Morgan fingerprint density at radius 2 is 1.68 bits per heavy atom. The summed E-state index contributed by atoms with van der Waals surface area (Å²) in [6.45, 7) is 0.722. The van der Waals surface area contributed by atoms with Crippen LogP contribution in [0.25, 0.3) is 0 Å². The molecule has 120 valence electrons. The fourth-order valence-corrected chi connectivity index (χ4v) is 2.19. The van der Waals surface area contributed by atoms with E-state index in [1.807, 2.05) is 24.3 Å². The van der Waals surface area contributed by atoms with E-state index in [1.165, 1.54) is 0 Å². The van der Waals surface area contributed by atoms with Crippen LogP contribution in [-0.2, 0) is 13.2 Å². The Morgan fingerprint density at radius 3 is 2.32 bits per heavy atom. The van der Waals surface area contributed by atoms with Gasteiger partial charge < -0.3 is 19.9 Å². The molecule has 2 aromatic carbocycles. The molecule has 0 saturated heterocycles. The van der Waals surface area contributed by atoms with Crippen LogP contribution in [0.2, 0.25) is 5.02 Å². The molecule has 2 rings (SSSR count). The van der Waals surface area contributed by atoms with Crippen molar-refractivity contribution < 1.29 is 14.2 Å². The molecule has 0 spiro atoms. The summed E-state index contributed by atoms with van der Waals surface area (Å²) in [6.07, 6.45) is 0. The summed E-state index contributed by atoms with van der Waals surface area (Å²) in [4.78, 5) is 0. The number of hydrogen-bond donors (Lipinski definition) is 1. The summed E-state index contributed by atoms with van der Waals surface area (Å²) in [5.74, 6) is 2.22. The molecule has 0 fully saturated rings. The highest BCUT2D eigenvalue weighted by atomic mass is 35.5. The van der Waals surface area contributed by atoms with Crippen molar-refractivity contribution in [3.8, 4) is 17.2 Å². The van der Waals surface area contributed by atoms with Gasteiger partial charge in [0, 0.05) is 22.7 Å². The van der Waals surface area contributed by atoms with Crippen LogP contribution in [-0.4, -0.2) is 14.2 Å². The fourth-order valence-electron chi connectivity index (χ4n) is 2.00. The van der Waals surface area contributed by atoms with E-state index in [0.717, 1.165) is 22.6 Å².